The number of fused-ring (bicyclic) bond motifs is 1. The van der Waals surface area contributed by atoms with Crippen molar-refractivity contribution < 1.29 is 4.74 Å². The van der Waals surface area contributed by atoms with Crippen molar-refractivity contribution in [3.05, 3.63) is 24.3 Å². The Balaban J connectivity index is 2.40. The highest BCUT2D eigenvalue weighted by Gasteiger charge is 2.15. The van der Waals surface area contributed by atoms with E-state index in [9.17, 15) is 0 Å². The third-order valence-electron chi connectivity index (χ3n) is 3.06. The van der Waals surface area contributed by atoms with Crippen molar-refractivity contribution >= 4 is 22.6 Å². The molecular formula is C13H18ClN3O. The molecular weight excluding hydrogens is 250 g/mol. The molecule has 0 saturated carbocycles. The van der Waals surface area contributed by atoms with Crippen molar-refractivity contribution in [2.45, 2.75) is 25.8 Å². The van der Waals surface area contributed by atoms with Crippen LogP contribution < -0.4 is 0 Å². The van der Waals surface area contributed by atoms with Gasteiger partial charge in [-0.25, -0.2) is 4.98 Å². The molecule has 0 aliphatic rings. The Kier molecular flexibility index (Phi) is 4.55. The molecule has 0 bridgehead atoms. The highest BCUT2D eigenvalue weighted by molar-refractivity contribution is 6.17. The fraction of sp³-hybridized carbons (Fsp3) is 0.538. The van der Waals surface area contributed by atoms with Gasteiger partial charge in [0.15, 0.2) is 0 Å². The normalized spacial score (nSPS) is 13.1. The molecule has 4 nitrogen and oxygen atoms in total. The van der Waals surface area contributed by atoms with Gasteiger partial charge in [-0.1, -0.05) is 0 Å². The second-order valence-electron chi connectivity index (χ2n) is 4.33. The number of hydrogen-bond acceptors (Lipinski definition) is 3. The van der Waals surface area contributed by atoms with Crippen LogP contribution in [0.1, 0.15) is 25.2 Å². The summed E-state index contributed by atoms with van der Waals surface area (Å²) in [5, 5.41) is 0. The number of aryl methyl sites for hydroxylation is 1. The molecule has 2 aromatic heterocycles. The summed E-state index contributed by atoms with van der Waals surface area (Å²) in [5.41, 5.74) is 2.05. The summed E-state index contributed by atoms with van der Waals surface area (Å²) in [6, 6.07) is 2.35. The first-order valence-corrected chi connectivity index (χ1v) is 6.67. The maximum Gasteiger partial charge on any atom is 0.111 e. The zero-order valence-corrected chi connectivity index (χ0v) is 11.5. The van der Waals surface area contributed by atoms with E-state index in [4.69, 9.17) is 16.3 Å². The lowest BCUT2D eigenvalue weighted by atomic mass is 10.2. The first-order valence-electron chi connectivity index (χ1n) is 6.13. The summed E-state index contributed by atoms with van der Waals surface area (Å²) in [7, 11) is 1.72. The number of nitrogens with zero attached hydrogens (tertiary/aromatic N) is 3. The van der Waals surface area contributed by atoms with E-state index >= 15 is 0 Å². The molecule has 0 radical (unpaired) electrons. The summed E-state index contributed by atoms with van der Waals surface area (Å²) < 4.78 is 7.40. The van der Waals surface area contributed by atoms with Crippen molar-refractivity contribution in [1.29, 1.82) is 0 Å². The quantitative estimate of drug-likeness (QED) is 0.756. The van der Waals surface area contributed by atoms with Crippen LogP contribution in [0.25, 0.3) is 11.0 Å². The lowest BCUT2D eigenvalue weighted by Gasteiger charge is -2.17. The monoisotopic (exact) mass is 267 g/mol. The summed E-state index contributed by atoms with van der Waals surface area (Å²) >= 11 is 5.85. The summed E-state index contributed by atoms with van der Waals surface area (Å²) in [6.45, 7) is 2.92. The smallest absolute Gasteiger partial charge is 0.111 e. The first kappa shape index (κ1) is 13.3. The molecule has 0 saturated heterocycles. The van der Waals surface area contributed by atoms with E-state index in [1.807, 2.05) is 6.07 Å². The predicted molar refractivity (Wildman–Crippen MR) is 73.2 cm³/mol. The van der Waals surface area contributed by atoms with Crippen LogP contribution in [0.15, 0.2) is 18.5 Å². The number of alkyl halides is 1. The molecule has 2 aromatic rings. The lowest BCUT2D eigenvalue weighted by Crippen LogP contribution is -2.12. The van der Waals surface area contributed by atoms with Crippen molar-refractivity contribution in [1.82, 2.24) is 14.5 Å². The Bertz CT molecular complexity index is 512. The van der Waals surface area contributed by atoms with Gasteiger partial charge in [-0.2, -0.15) is 0 Å². The molecule has 2 heterocycles. The Hall–Kier alpha value is -1.13. The number of aromatic nitrogens is 3. The standard InChI is InChI=1S/C13H18ClN3O/c1-10(5-8-18-2)17-12-4-7-15-9-11(12)16-13(17)3-6-14/h4,7,9-10H,3,5-6,8H2,1-2H3. The molecule has 2 rings (SSSR count). The molecule has 0 aliphatic heterocycles. The molecule has 0 N–H and O–H groups in total. The van der Waals surface area contributed by atoms with Crippen LogP contribution in [-0.4, -0.2) is 34.1 Å². The lowest BCUT2D eigenvalue weighted by molar-refractivity contribution is 0.181. The van der Waals surface area contributed by atoms with Gasteiger partial charge in [0.2, 0.25) is 0 Å². The van der Waals surface area contributed by atoms with Gasteiger partial charge >= 0.3 is 0 Å². The highest BCUT2D eigenvalue weighted by Crippen LogP contribution is 2.23. The van der Waals surface area contributed by atoms with Gasteiger partial charge in [0, 0.05) is 38.3 Å². The van der Waals surface area contributed by atoms with Gasteiger partial charge in [-0.05, 0) is 19.4 Å². The predicted octanol–water partition coefficient (Wildman–Crippen LogP) is 2.81. The number of ether oxygens (including phenoxy) is 1. The van der Waals surface area contributed by atoms with Crippen LogP contribution in [0.5, 0.6) is 0 Å². The molecule has 0 fully saturated rings. The van der Waals surface area contributed by atoms with Crippen LogP contribution in [0.3, 0.4) is 0 Å². The van der Waals surface area contributed by atoms with Gasteiger partial charge in [0.25, 0.3) is 0 Å². The minimum atomic E-state index is 0.343. The van der Waals surface area contributed by atoms with E-state index in [0.717, 1.165) is 36.3 Å². The number of methoxy groups -OCH3 is 1. The van der Waals surface area contributed by atoms with Crippen LogP contribution in [0.4, 0.5) is 0 Å². The third-order valence-corrected chi connectivity index (χ3v) is 3.25. The van der Waals surface area contributed by atoms with E-state index in [1.54, 1.807) is 19.5 Å². The van der Waals surface area contributed by atoms with E-state index in [0.29, 0.717) is 11.9 Å². The number of hydrogen-bond donors (Lipinski definition) is 0. The largest absolute Gasteiger partial charge is 0.385 e. The second-order valence-corrected chi connectivity index (χ2v) is 4.71. The molecule has 0 aliphatic carbocycles. The number of pyridine rings is 1. The van der Waals surface area contributed by atoms with Crippen molar-refractivity contribution in [3.63, 3.8) is 0 Å². The maximum atomic E-state index is 5.85. The number of rotatable bonds is 6. The third kappa shape index (κ3) is 2.65. The summed E-state index contributed by atoms with van der Waals surface area (Å²) in [4.78, 5) is 8.72. The van der Waals surface area contributed by atoms with Gasteiger partial charge in [-0.3, -0.25) is 4.98 Å². The summed E-state index contributed by atoms with van der Waals surface area (Å²) in [6.07, 6.45) is 5.33. The number of imidazole rings is 1. The fourth-order valence-electron chi connectivity index (χ4n) is 2.17. The second kappa shape index (κ2) is 6.16. The molecule has 98 valence electrons. The Morgan fingerprint density at radius 2 is 2.33 bits per heavy atom. The molecule has 0 amide bonds. The van der Waals surface area contributed by atoms with Crippen LogP contribution in [0, 0.1) is 0 Å². The van der Waals surface area contributed by atoms with E-state index in [1.165, 1.54) is 0 Å². The minimum Gasteiger partial charge on any atom is -0.385 e. The minimum absolute atomic E-state index is 0.343. The van der Waals surface area contributed by atoms with E-state index in [2.05, 4.69) is 21.5 Å². The zero-order chi connectivity index (χ0) is 13.0. The number of halogens is 1. The van der Waals surface area contributed by atoms with Crippen molar-refractivity contribution in [3.8, 4) is 0 Å². The van der Waals surface area contributed by atoms with Crippen LogP contribution in [-0.2, 0) is 11.2 Å². The van der Waals surface area contributed by atoms with E-state index in [-0.39, 0.29) is 0 Å². The van der Waals surface area contributed by atoms with Crippen LogP contribution >= 0.6 is 11.6 Å². The van der Waals surface area contributed by atoms with Crippen molar-refractivity contribution in [2.24, 2.45) is 0 Å². The summed E-state index contributed by atoms with van der Waals surface area (Å²) in [5.74, 6) is 1.60. The zero-order valence-electron chi connectivity index (χ0n) is 10.8. The van der Waals surface area contributed by atoms with Crippen LogP contribution in [0.2, 0.25) is 0 Å². The molecule has 18 heavy (non-hydrogen) atoms. The van der Waals surface area contributed by atoms with Gasteiger partial charge < -0.3 is 9.30 Å². The van der Waals surface area contributed by atoms with Crippen molar-refractivity contribution in [2.75, 3.05) is 19.6 Å². The SMILES string of the molecule is COCCC(C)n1c(CCCl)nc2cnccc21. The van der Waals surface area contributed by atoms with Gasteiger partial charge in [0.1, 0.15) is 11.3 Å². The average molecular weight is 268 g/mol. The molecule has 1 unspecified atom stereocenters. The molecule has 1 atom stereocenters. The maximum absolute atomic E-state index is 5.85. The fourth-order valence-corrected chi connectivity index (χ4v) is 2.34. The Labute approximate surface area is 112 Å². The molecule has 0 spiro atoms. The Morgan fingerprint density at radius 3 is 3.06 bits per heavy atom. The molecule has 5 heteroatoms. The van der Waals surface area contributed by atoms with Gasteiger partial charge in [-0.15, -0.1) is 11.6 Å². The highest BCUT2D eigenvalue weighted by atomic mass is 35.5. The Morgan fingerprint density at radius 1 is 1.50 bits per heavy atom. The average Bonchev–Trinajstić information content (AvgIpc) is 2.74. The van der Waals surface area contributed by atoms with Gasteiger partial charge in [0.05, 0.1) is 11.7 Å². The topological polar surface area (TPSA) is 39.9 Å². The first-order chi connectivity index (χ1) is 8.77. The van der Waals surface area contributed by atoms with E-state index < -0.39 is 0 Å². The molecule has 0 aromatic carbocycles.